The van der Waals surface area contributed by atoms with E-state index >= 15 is 0 Å². The summed E-state index contributed by atoms with van der Waals surface area (Å²) in [6, 6.07) is 7.87. The number of allylic oxidation sites excluding steroid dienone is 1. The lowest BCUT2D eigenvalue weighted by molar-refractivity contribution is -0.116. The van der Waals surface area contributed by atoms with Gasteiger partial charge in [-0.25, -0.2) is 0 Å². The minimum atomic E-state index is -0.0754. The molecule has 5 nitrogen and oxygen atoms in total. The minimum absolute atomic E-state index is 0.00553. The van der Waals surface area contributed by atoms with Gasteiger partial charge in [-0.05, 0) is 29.2 Å². The lowest BCUT2D eigenvalue weighted by Crippen LogP contribution is -2.38. The molecule has 0 atom stereocenters. The Hall–Kier alpha value is -1.85. The third kappa shape index (κ3) is 8.18. The van der Waals surface area contributed by atoms with E-state index in [1.807, 2.05) is 30.3 Å². The molecule has 1 aliphatic rings. The van der Waals surface area contributed by atoms with E-state index in [-0.39, 0.29) is 11.3 Å². The molecule has 1 amide bonds. The van der Waals surface area contributed by atoms with Gasteiger partial charge in [0.2, 0.25) is 5.91 Å². The normalized spacial score (nSPS) is 16.1. The quantitative estimate of drug-likeness (QED) is 0.771. The van der Waals surface area contributed by atoms with E-state index in [9.17, 15) is 4.79 Å². The Morgan fingerprint density at radius 3 is 2.80 bits per heavy atom. The first-order valence-corrected chi connectivity index (χ1v) is 8.91. The van der Waals surface area contributed by atoms with Gasteiger partial charge in [0.05, 0.1) is 13.2 Å². The Morgan fingerprint density at radius 1 is 1.32 bits per heavy atom. The number of benzene rings is 1. The molecule has 0 aromatic heterocycles. The van der Waals surface area contributed by atoms with Crippen LogP contribution in [0, 0.1) is 5.41 Å². The number of carbonyl (C=O) groups is 1. The molecule has 0 saturated carbocycles. The van der Waals surface area contributed by atoms with Crippen LogP contribution in [0.5, 0.6) is 5.75 Å². The fraction of sp³-hybridized carbons (Fsp3) is 0.550. The van der Waals surface area contributed by atoms with Crippen LogP contribution in [0.3, 0.4) is 0 Å². The van der Waals surface area contributed by atoms with E-state index in [2.05, 4.69) is 31.0 Å². The van der Waals surface area contributed by atoms with Crippen molar-refractivity contribution in [1.29, 1.82) is 0 Å². The fourth-order valence-corrected chi connectivity index (χ4v) is 2.44. The average Bonchev–Trinajstić information content (AvgIpc) is 2.59. The average molecular weight is 346 g/mol. The summed E-state index contributed by atoms with van der Waals surface area (Å²) in [5.74, 6) is 0.763. The maximum Gasteiger partial charge on any atom is 0.243 e. The second-order valence-electron chi connectivity index (χ2n) is 7.37. The van der Waals surface area contributed by atoms with Crippen LogP contribution in [0.15, 0.2) is 36.4 Å². The zero-order valence-corrected chi connectivity index (χ0v) is 15.6. The summed E-state index contributed by atoms with van der Waals surface area (Å²) in [5.41, 5.74) is 1.03. The van der Waals surface area contributed by atoms with Crippen LogP contribution in [0.1, 0.15) is 26.3 Å². The number of amides is 1. The Labute approximate surface area is 151 Å². The number of hydrogen-bond donors (Lipinski definition) is 1. The van der Waals surface area contributed by atoms with Crippen molar-refractivity contribution in [1.82, 2.24) is 10.2 Å². The third-order valence-electron chi connectivity index (χ3n) is 3.88. The molecule has 1 aromatic carbocycles. The van der Waals surface area contributed by atoms with E-state index in [1.54, 1.807) is 6.08 Å². The van der Waals surface area contributed by atoms with Gasteiger partial charge in [-0.15, -0.1) is 0 Å². The summed E-state index contributed by atoms with van der Waals surface area (Å²) in [7, 11) is 0. The number of hydrogen-bond acceptors (Lipinski definition) is 4. The first-order chi connectivity index (χ1) is 11.9. The SMILES string of the molecule is CC(C)(C)C=CC(=O)NCc1cccc(OCCN2CCOCC2)c1. The highest BCUT2D eigenvalue weighted by atomic mass is 16.5. The molecule has 0 spiro atoms. The van der Waals surface area contributed by atoms with Crippen molar-refractivity contribution in [2.24, 2.45) is 5.41 Å². The van der Waals surface area contributed by atoms with Crippen molar-refractivity contribution in [2.45, 2.75) is 27.3 Å². The van der Waals surface area contributed by atoms with E-state index in [1.165, 1.54) is 0 Å². The second-order valence-corrected chi connectivity index (χ2v) is 7.37. The highest BCUT2D eigenvalue weighted by molar-refractivity contribution is 5.87. The highest BCUT2D eigenvalue weighted by Gasteiger charge is 2.10. The molecular weight excluding hydrogens is 316 g/mol. The molecule has 1 aromatic rings. The summed E-state index contributed by atoms with van der Waals surface area (Å²) in [6.07, 6.45) is 3.51. The van der Waals surface area contributed by atoms with Crippen molar-refractivity contribution in [3.8, 4) is 5.75 Å². The van der Waals surface area contributed by atoms with Gasteiger partial charge in [0.15, 0.2) is 0 Å². The van der Waals surface area contributed by atoms with Gasteiger partial charge < -0.3 is 14.8 Å². The predicted octanol–water partition coefficient (Wildman–Crippen LogP) is 2.62. The van der Waals surface area contributed by atoms with Gasteiger partial charge in [-0.1, -0.05) is 39.0 Å². The van der Waals surface area contributed by atoms with E-state index in [0.717, 1.165) is 44.2 Å². The Balaban J connectivity index is 1.74. The Morgan fingerprint density at radius 2 is 2.08 bits per heavy atom. The lowest BCUT2D eigenvalue weighted by atomic mass is 9.96. The van der Waals surface area contributed by atoms with Crippen molar-refractivity contribution >= 4 is 5.91 Å². The summed E-state index contributed by atoms with van der Waals surface area (Å²) < 4.78 is 11.2. The van der Waals surface area contributed by atoms with Crippen LogP contribution in [-0.2, 0) is 16.1 Å². The van der Waals surface area contributed by atoms with E-state index < -0.39 is 0 Å². The number of carbonyl (C=O) groups excluding carboxylic acids is 1. The van der Waals surface area contributed by atoms with Gasteiger partial charge >= 0.3 is 0 Å². The molecule has 1 N–H and O–H groups in total. The summed E-state index contributed by atoms with van der Waals surface area (Å²) in [5, 5.41) is 2.90. The molecule has 1 aliphatic heterocycles. The van der Waals surface area contributed by atoms with Crippen molar-refractivity contribution in [3.63, 3.8) is 0 Å². The molecule has 1 saturated heterocycles. The molecule has 0 bridgehead atoms. The first-order valence-electron chi connectivity index (χ1n) is 8.91. The largest absolute Gasteiger partial charge is 0.492 e. The standard InChI is InChI=1S/C20H30N2O3/c1-20(2,3)8-7-19(23)21-16-17-5-4-6-18(15-17)25-14-11-22-9-12-24-13-10-22/h4-8,15H,9-14,16H2,1-3H3,(H,21,23). The van der Waals surface area contributed by atoms with Crippen molar-refractivity contribution in [2.75, 3.05) is 39.5 Å². The first kappa shape index (κ1) is 19.5. The number of nitrogens with one attached hydrogen (secondary N) is 1. The second kappa shape index (κ2) is 9.59. The molecule has 138 valence electrons. The van der Waals surface area contributed by atoms with Crippen LogP contribution in [0.25, 0.3) is 0 Å². The molecule has 25 heavy (non-hydrogen) atoms. The highest BCUT2D eigenvalue weighted by Crippen LogP contribution is 2.15. The molecule has 1 heterocycles. The smallest absolute Gasteiger partial charge is 0.243 e. The van der Waals surface area contributed by atoms with Crippen LogP contribution in [0.2, 0.25) is 0 Å². The molecule has 0 aliphatic carbocycles. The number of ether oxygens (including phenoxy) is 2. The lowest BCUT2D eigenvalue weighted by Gasteiger charge is -2.26. The number of morpholine rings is 1. The summed E-state index contributed by atoms with van der Waals surface area (Å²) in [6.45, 7) is 11.8. The summed E-state index contributed by atoms with van der Waals surface area (Å²) >= 11 is 0. The Kier molecular flexibility index (Phi) is 7.47. The Bertz CT molecular complexity index is 573. The molecule has 0 radical (unpaired) electrons. The number of nitrogens with zero attached hydrogens (tertiary/aromatic N) is 1. The maximum absolute atomic E-state index is 11.9. The van der Waals surface area contributed by atoms with Crippen LogP contribution < -0.4 is 10.1 Å². The van der Waals surface area contributed by atoms with Gasteiger partial charge in [0.1, 0.15) is 12.4 Å². The van der Waals surface area contributed by atoms with Crippen LogP contribution in [0.4, 0.5) is 0 Å². The molecule has 2 rings (SSSR count). The third-order valence-corrected chi connectivity index (χ3v) is 3.88. The van der Waals surface area contributed by atoms with E-state index in [4.69, 9.17) is 9.47 Å². The van der Waals surface area contributed by atoms with Gasteiger partial charge in [0, 0.05) is 26.2 Å². The molecule has 0 unspecified atom stereocenters. The number of rotatable bonds is 7. The zero-order valence-electron chi connectivity index (χ0n) is 15.6. The van der Waals surface area contributed by atoms with E-state index in [0.29, 0.717) is 13.2 Å². The zero-order chi connectivity index (χ0) is 18.1. The van der Waals surface area contributed by atoms with Crippen molar-refractivity contribution < 1.29 is 14.3 Å². The molecule has 1 fully saturated rings. The molecular formula is C20H30N2O3. The monoisotopic (exact) mass is 346 g/mol. The van der Waals surface area contributed by atoms with Gasteiger partial charge in [0.25, 0.3) is 0 Å². The maximum atomic E-state index is 11.9. The molecule has 5 heteroatoms. The summed E-state index contributed by atoms with van der Waals surface area (Å²) in [4.78, 5) is 14.2. The van der Waals surface area contributed by atoms with Crippen molar-refractivity contribution in [3.05, 3.63) is 42.0 Å². The van der Waals surface area contributed by atoms with Gasteiger partial charge in [-0.3, -0.25) is 9.69 Å². The van der Waals surface area contributed by atoms with Crippen LogP contribution >= 0.6 is 0 Å². The van der Waals surface area contributed by atoms with Crippen LogP contribution in [-0.4, -0.2) is 50.3 Å². The van der Waals surface area contributed by atoms with Gasteiger partial charge in [-0.2, -0.15) is 0 Å². The minimum Gasteiger partial charge on any atom is -0.492 e. The predicted molar refractivity (Wildman–Crippen MR) is 99.6 cm³/mol. The topological polar surface area (TPSA) is 50.8 Å². The fourth-order valence-electron chi connectivity index (χ4n) is 2.44.